The summed E-state index contributed by atoms with van der Waals surface area (Å²) in [6, 6.07) is 13.4. The lowest BCUT2D eigenvalue weighted by atomic mass is 10.1. The van der Waals surface area contributed by atoms with Crippen LogP contribution in [0.15, 0.2) is 61.3 Å². The number of hydrogen-bond acceptors (Lipinski definition) is 3. The van der Waals surface area contributed by atoms with Gasteiger partial charge in [-0.3, -0.25) is 14.0 Å². The highest BCUT2D eigenvalue weighted by molar-refractivity contribution is 6.11. The number of rotatable bonds is 4. The molecular formula is C21H20N4O2. The number of anilines is 1. The first kappa shape index (κ1) is 17.0. The minimum atomic E-state index is -0.343. The zero-order valence-electron chi connectivity index (χ0n) is 15.1. The van der Waals surface area contributed by atoms with Crippen molar-refractivity contribution in [1.29, 1.82) is 0 Å². The second-order valence-corrected chi connectivity index (χ2v) is 6.60. The number of nitrogens with one attached hydrogen (secondary N) is 1. The number of carbonyl (C=O) groups excluding carboxylic acids is 2. The lowest BCUT2D eigenvalue weighted by molar-refractivity contribution is 0.0947. The highest BCUT2D eigenvalue weighted by Gasteiger charge is 2.34. The quantitative estimate of drug-likeness (QED) is 0.728. The maximum atomic E-state index is 13.4. The molecule has 3 heterocycles. The fraction of sp³-hybridized carbons (Fsp3) is 0.190. The number of nitrogens with zero attached hydrogens (tertiary/aromatic N) is 3. The lowest BCUT2D eigenvalue weighted by Crippen LogP contribution is -2.36. The van der Waals surface area contributed by atoms with E-state index in [1.165, 1.54) is 0 Å². The summed E-state index contributed by atoms with van der Waals surface area (Å²) in [5, 5.41) is 2.72. The molecule has 0 saturated heterocycles. The lowest BCUT2D eigenvalue weighted by Gasteiger charge is -2.21. The Morgan fingerprint density at radius 2 is 2.04 bits per heavy atom. The summed E-state index contributed by atoms with van der Waals surface area (Å²) in [6.07, 6.45) is 4.15. The van der Waals surface area contributed by atoms with Gasteiger partial charge in [-0.15, -0.1) is 6.58 Å². The first-order valence-electron chi connectivity index (χ1n) is 8.89. The molecule has 0 fully saturated rings. The van der Waals surface area contributed by atoms with E-state index >= 15 is 0 Å². The molecule has 6 heteroatoms. The first-order valence-corrected chi connectivity index (χ1v) is 8.89. The highest BCUT2D eigenvalue weighted by atomic mass is 16.2. The van der Waals surface area contributed by atoms with Gasteiger partial charge in [-0.05, 0) is 37.1 Å². The van der Waals surface area contributed by atoms with Crippen LogP contribution in [0.4, 0.5) is 5.69 Å². The van der Waals surface area contributed by atoms with Crippen LogP contribution in [-0.4, -0.2) is 33.8 Å². The second-order valence-electron chi connectivity index (χ2n) is 6.60. The van der Waals surface area contributed by atoms with Crippen LogP contribution in [0.1, 0.15) is 33.6 Å². The molecule has 6 nitrogen and oxygen atoms in total. The van der Waals surface area contributed by atoms with Gasteiger partial charge < -0.3 is 10.2 Å². The van der Waals surface area contributed by atoms with Crippen molar-refractivity contribution in [2.24, 2.45) is 0 Å². The summed E-state index contributed by atoms with van der Waals surface area (Å²) in [6.45, 7) is 5.96. The molecule has 136 valence electrons. The van der Waals surface area contributed by atoms with Crippen molar-refractivity contribution in [2.45, 2.75) is 19.4 Å². The van der Waals surface area contributed by atoms with Gasteiger partial charge in [0.2, 0.25) is 5.82 Å². The average Bonchev–Trinajstić information content (AvgIpc) is 3.23. The molecule has 1 atom stereocenters. The Morgan fingerprint density at radius 3 is 2.85 bits per heavy atom. The molecule has 1 aliphatic rings. The molecule has 0 bridgehead atoms. The van der Waals surface area contributed by atoms with Crippen LogP contribution in [0.5, 0.6) is 0 Å². The van der Waals surface area contributed by atoms with Gasteiger partial charge in [0.15, 0.2) is 5.69 Å². The zero-order chi connectivity index (χ0) is 19.0. The highest BCUT2D eigenvalue weighted by Crippen LogP contribution is 2.33. The summed E-state index contributed by atoms with van der Waals surface area (Å²) in [5.74, 6) is -0.347. The first-order chi connectivity index (χ1) is 13.1. The third-order valence-electron chi connectivity index (χ3n) is 4.79. The molecule has 0 aliphatic carbocycles. The molecule has 4 rings (SSSR count). The molecule has 0 radical (unpaired) electrons. The number of aromatic nitrogens is 2. The van der Waals surface area contributed by atoms with Crippen LogP contribution < -0.4 is 10.2 Å². The molecule has 1 N–H and O–H groups in total. The van der Waals surface area contributed by atoms with E-state index in [1.807, 2.05) is 37.3 Å². The SMILES string of the molecule is C=CCNC(=O)c1nc(C(=O)N2c3ccccc3CC2C)c2ccccn12. The van der Waals surface area contributed by atoms with E-state index in [-0.39, 0.29) is 29.4 Å². The van der Waals surface area contributed by atoms with Crippen LogP contribution in [-0.2, 0) is 6.42 Å². The van der Waals surface area contributed by atoms with Crippen LogP contribution in [0.25, 0.3) is 5.52 Å². The molecule has 1 aromatic carbocycles. The Morgan fingerprint density at radius 1 is 1.26 bits per heavy atom. The predicted octanol–water partition coefficient (Wildman–Crippen LogP) is 2.84. The molecule has 3 aromatic rings. The van der Waals surface area contributed by atoms with Crippen molar-refractivity contribution in [1.82, 2.24) is 14.7 Å². The number of amides is 2. The van der Waals surface area contributed by atoms with Crippen LogP contribution in [0.2, 0.25) is 0 Å². The van der Waals surface area contributed by atoms with Gasteiger partial charge in [0.1, 0.15) is 0 Å². The molecule has 27 heavy (non-hydrogen) atoms. The number of para-hydroxylation sites is 1. The van der Waals surface area contributed by atoms with E-state index in [1.54, 1.807) is 33.7 Å². The summed E-state index contributed by atoms with van der Waals surface area (Å²) >= 11 is 0. The third kappa shape index (κ3) is 2.79. The number of imidazole rings is 1. The van der Waals surface area contributed by atoms with E-state index in [0.717, 1.165) is 17.7 Å². The molecule has 2 aromatic heterocycles. The van der Waals surface area contributed by atoms with Gasteiger partial charge in [0, 0.05) is 24.5 Å². The van der Waals surface area contributed by atoms with Crippen LogP contribution in [0, 0.1) is 0 Å². The average molecular weight is 360 g/mol. The topological polar surface area (TPSA) is 66.7 Å². The monoisotopic (exact) mass is 360 g/mol. The van der Waals surface area contributed by atoms with Gasteiger partial charge in [-0.1, -0.05) is 30.3 Å². The van der Waals surface area contributed by atoms with Gasteiger partial charge in [0.25, 0.3) is 11.8 Å². The number of benzene rings is 1. The summed E-state index contributed by atoms with van der Waals surface area (Å²) in [5.41, 5.74) is 2.95. The predicted molar refractivity (Wildman–Crippen MR) is 104 cm³/mol. The van der Waals surface area contributed by atoms with Crippen molar-refractivity contribution < 1.29 is 9.59 Å². The van der Waals surface area contributed by atoms with Gasteiger partial charge in [-0.25, -0.2) is 4.98 Å². The Bertz CT molecular complexity index is 1050. The van der Waals surface area contributed by atoms with Crippen molar-refractivity contribution in [3.63, 3.8) is 0 Å². The Kier molecular flexibility index (Phi) is 4.24. The number of fused-ring (bicyclic) bond motifs is 2. The van der Waals surface area contributed by atoms with Crippen molar-refractivity contribution in [3.05, 3.63) is 78.4 Å². The molecule has 0 spiro atoms. The molecule has 1 unspecified atom stereocenters. The number of carbonyl (C=O) groups is 2. The van der Waals surface area contributed by atoms with E-state index < -0.39 is 0 Å². The largest absolute Gasteiger partial charge is 0.346 e. The molecule has 1 aliphatic heterocycles. The third-order valence-corrected chi connectivity index (χ3v) is 4.79. The fourth-order valence-corrected chi connectivity index (χ4v) is 3.59. The van der Waals surface area contributed by atoms with Gasteiger partial charge in [-0.2, -0.15) is 0 Å². The smallest absolute Gasteiger partial charge is 0.287 e. The standard InChI is InChI=1S/C21H20N4O2/c1-3-11-22-20(26)19-23-18(17-10-6-7-12-24(17)19)21(27)25-14(2)13-15-8-4-5-9-16(15)25/h3-10,12,14H,1,11,13H2,2H3,(H,22,26). The summed E-state index contributed by atoms with van der Waals surface area (Å²) in [4.78, 5) is 32.0. The molecule has 2 amide bonds. The minimum absolute atomic E-state index is 0.0356. The van der Waals surface area contributed by atoms with Gasteiger partial charge in [0.05, 0.1) is 5.52 Å². The van der Waals surface area contributed by atoms with Crippen LogP contribution in [0.3, 0.4) is 0 Å². The fourth-order valence-electron chi connectivity index (χ4n) is 3.59. The minimum Gasteiger partial charge on any atom is -0.346 e. The number of pyridine rings is 1. The molecular weight excluding hydrogens is 340 g/mol. The van der Waals surface area contributed by atoms with E-state index in [0.29, 0.717) is 12.1 Å². The normalized spacial score (nSPS) is 15.6. The summed E-state index contributed by atoms with van der Waals surface area (Å²) in [7, 11) is 0. The maximum absolute atomic E-state index is 13.4. The van der Waals surface area contributed by atoms with E-state index in [9.17, 15) is 9.59 Å². The zero-order valence-corrected chi connectivity index (χ0v) is 15.1. The second kappa shape index (κ2) is 6.72. The Hall–Kier alpha value is -3.41. The molecule has 0 saturated carbocycles. The summed E-state index contributed by atoms with van der Waals surface area (Å²) < 4.78 is 1.65. The van der Waals surface area contributed by atoms with Crippen molar-refractivity contribution in [3.8, 4) is 0 Å². The van der Waals surface area contributed by atoms with E-state index in [2.05, 4.69) is 16.9 Å². The van der Waals surface area contributed by atoms with Crippen LogP contribution >= 0.6 is 0 Å². The Balaban J connectivity index is 1.79. The number of hydrogen-bond donors (Lipinski definition) is 1. The van der Waals surface area contributed by atoms with Crippen molar-refractivity contribution >= 4 is 23.0 Å². The maximum Gasteiger partial charge on any atom is 0.287 e. The van der Waals surface area contributed by atoms with Crippen molar-refractivity contribution in [2.75, 3.05) is 11.4 Å². The Labute approximate surface area is 157 Å². The van der Waals surface area contributed by atoms with E-state index in [4.69, 9.17) is 0 Å². The van der Waals surface area contributed by atoms with Gasteiger partial charge >= 0.3 is 0 Å².